The molecule has 7 rings (SSSR count). The number of hydrogen-bond acceptors (Lipinski definition) is 5. The van der Waals surface area contributed by atoms with Gasteiger partial charge in [-0.1, -0.05) is 85.6 Å². The molecule has 49 heavy (non-hydrogen) atoms. The maximum absolute atomic E-state index is 14.4. The number of hydrogen-bond donors (Lipinski definition) is 3. The molecule has 1 heterocycles. The third-order valence-electron chi connectivity index (χ3n) is 10.7. The van der Waals surface area contributed by atoms with E-state index >= 15 is 0 Å². The van der Waals surface area contributed by atoms with Crippen molar-refractivity contribution >= 4 is 53.7 Å². The van der Waals surface area contributed by atoms with Crippen LogP contribution in [0.15, 0.2) is 84.9 Å². The summed E-state index contributed by atoms with van der Waals surface area (Å²) in [5.41, 5.74) is 2.17. The average Bonchev–Trinajstić information content (AvgIpc) is 3.43. The van der Waals surface area contributed by atoms with Crippen LogP contribution in [0.25, 0.3) is 0 Å². The van der Waals surface area contributed by atoms with Crippen molar-refractivity contribution in [2.45, 2.75) is 77.1 Å². The van der Waals surface area contributed by atoms with Crippen molar-refractivity contribution < 1.29 is 23.7 Å². The van der Waals surface area contributed by atoms with Gasteiger partial charge in [0.15, 0.2) is 0 Å². The molecule has 3 aromatic carbocycles. The van der Waals surface area contributed by atoms with Gasteiger partial charge in [0.2, 0.25) is 11.8 Å². The number of carbonyl (C=O) groups excluding carboxylic acids is 3. The van der Waals surface area contributed by atoms with Gasteiger partial charge in [-0.2, -0.15) is 0 Å². The SMILES string of the molecule is CC=CC(=O)Nc1cccc(CC(NC(=O)c2cc(Cl)ccc2Cl)C(=O)NC(Cc2ccccc2)B2O[C@@H]3C[C@@H]4C[C@@H](C4(C)C)[C@]3(C)O2)c1. The lowest BCUT2D eigenvalue weighted by molar-refractivity contribution is -0.199. The summed E-state index contributed by atoms with van der Waals surface area (Å²) in [5, 5.41) is 9.48. The van der Waals surface area contributed by atoms with Crippen LogP contribution >= 0.6 is 23.2 Å². The van der Waals surface area contributed by atoms with Crippen LogP contribution < -0.4 is 16.0 Å². The van der Waals surface area contributed by atoms with E-state index in [0.717, 1.165) is 24.0 Å². The first-order valence-corrected chi connectivity index (χ1v) is 17.6. The Hall–Kier alpha value is -3.63. The Morgan fingerprint density at radius 3 is 2.43 bits per heavy atom. The number of carbonyl (C=O) groups is 3. The van der Waals surface area contributed by atoms with Crippen LogP contribution in [0.3, 0.4) is 0 Å². The van der Waals surface area contributed by atoms with Crippen molar-refractivity contribution in [1.29, 1.82) is 0 Å². The Kier molecular flexibility index (Phi) is 10.3. The number of anilines is 1. The van der Waals surface area contributed by atoms with Crippen molar-refractivity contribution in [1.82, 2.24) is 10.6 Å². The van der Waals surface area contributed by atoms with Crippen LogP contribution in [0, 0.1) is 17.3 Å². The van der Waals surface area contributed by atoms with Gasteiger partial charge in [-0.25, -0.2) is 0 Å². The Morgan fingerprint density at radius 1 is 0.939 bits per heavy atom. The van der Waals surface area contributed by atoms with Gasteiger partial charge in [0.1, 0.15) is 6.04 Å². The van der Waals surface area contributed by atoms with Crippen molar-refractivity contribution in [3.05, 3.63) is 112 Å². The predicted octanol–water partition coefficient (Wildman–Crippen LogP) is 6.84. The minimum atomic E-state index is -1.02. The predicted molar refractivity (Wildman–Crippen MR) is 193 cm³/mol. The number of allylic oxidation sites excluding steroid dienone is 1. The molecule has 3 aliphatic carbocycles. The molecule has 11 heteroatoms. The van der Waals surface area contributed by atoms with Crippen molar-refractivity contribution in [2.75, 3.05) is 5.32 Å². The second-order valence-corrected chi connectivity index (χ2v) is 15.0. The van der Waals surface area contributed by atoms with E-state index in [-0.39, 0.29) is 34.4 Å². The molecule has 3 amide bonds. The molecule has 0 radical (unpaired) electrons. The molecule has 4 aliphatic rings. The monoisotopic (exact) mass is 701 g/mol. The van der Waals surface area contributed by atoms with Gasteiger partial charge in [0, 0.05) is 17.1 Å². The van der Waals surface area contributed by atoms with E-state index in [4.69, 9.17) is 32.5 Å². The minimum absolute atomic E-state index is 0.0644. The first-order chi connectivity index (χ1) is 23.4. The summed E-state index contributed by atoms with van der Waals surface area (Å²) in [6.45, 7) is 8.54. The third kappa shape index (κ3) is 7.46. The lowest BCUT2D eigenvalue weighted by atomic mass is 9.43. The first kappa shape index (κ1) is 35.2. The summed E-state index contributed by atoms with van der Waals surface area (Å²) in [7, 11) is -0.682. The van der Waals surface area contributed by atoms with Crippen molar-refractivity contribution in [3.63, 3.8) is 0 Å². The fourth-order valence-corrected chi connectivity index (χ4v) is 8.28. The summed E-state index contributed by atoms with van der Waals surface area (Å²) >= 11 is 12.6. The second-order valence-electron chi connectivity index (χ2n) is 14.2. The molecule has 256 valence electrons. The average molecular weight is 702 g/mol. The molecule has 2 bridgehead atoms. The molecule has 3 aromatic rings. The molecule has 4 fully saturated rings. The Morgan fingerprint density at radius 2 is 1.69 bits per heavy atom. The molecule has 1 aliphatic heterocycles. The quantitative estimate of drug-likeness (QED) is 0.150. The Labute approximate surface area is 298 Å². The van der Waals surface area contributed by atoms with Crippen LogP contribution in [0.5, 0.6) is 0 Å². The molecule has 3 N–H and O–H groups in total. The zero-order valence-corrected chi connectivity index (χ0v) is 29.7. The van der Waals surface area contributed by atoms with E-state index in [0.29, 0.717) is 29.0 Å². The fourth-order valence-electron chi connectivity index (χ4n) is 7.90. The van der Waals surface area contributed by atoms with Gasteiger partial charge in [-0.15, -0.1) is 0 Å². The minimum Gasteiger partial charge on any atom is -0.404 e. The molecule has 0 spiro atoms. The van der Waals surface area contributed by atoms with Gasteiger partial charge < -0.3 is 25.3 Å². The third-order valence-corrected chi connectivity index (χ3v) is 11.2. The molecule has 3 saturated carbocycles. The molecule has 1 saturated heterocycles. The zero-order valence-electron chi connectivity index (χ0n) is 28.2. The lowest BCUT2D eigenvalue weighted by Crippen LogP contribution is -2.65. The normalized spacial score (nSPS) is 24.8. The van der Waals surface area contributed by atoms with E-state index in [1.165, 1.54) is 12.1 Å². The Bertz CT molecular complexity index is 1750. The summed E-state index contributed by atoms with van der Waals surface area (Å²) in [6.07, 6.45) is 5.64. The van der Waals surface area contributed by atoms with Crippen molar-refractivity contribution in [2.24, 2.45) is 17.3 Å². The van der Waals surface area contributed by atoms with Gasteiger partial charge in [0.25, 0.3) is 5.91 Å². The maximum Gasteiger partial charge on any atom is 0.482 e. The molecule has 6 atom stereocenters. The number of halogens is 2. The smallest absolute Gasteiger partial charge is 0.404 e. The maximum atomic E-state index is 14.4. The van der Waals surface area contributed by atoms with E-state index in [2.05, 4.69) is 36.7 Å². The Balaban J connectivity index is 1.28. The van der Waals surface area contributed by atoms with Crippen LogP contribution in [0.2, 0.25) is 10.0 Å². The second kappa shape index (κ2) is 14.3. The molecule has 8 nitrogen and oxygen atoms in total. The van der Waals surface area contributed by atoms with Gasteiger partial charge in [-0.3, -0.25) is 14.4 Å². The number of benzene rings is 3. The van der Waals surface area contributed by atoms with Crippen LogP contribution in [-0.2, 0) is 31.7 Å². The van der Waals surface area contributed by atoms with Gasteiger partial charge >= 0.3 is 7.12 Å². The van der Waals surface area contributed by atoms with Crippen LogP contribution in [0.4, 0.5) is 5.69 Å². The zero-order chi connectivity index (χ0) is 34.9. The topological polar surface area (TPSA) is 106 Å². The lowest BCUT2D eigenvalue weighted by Gasteiger charge is -2.64. The molecule has 2 unspecified atom stereocenters. The summed E-state index contributed by atoms with van der Waals surface area (Å²) in [6, 6.07) is 20.7. The first-order valence-electron chi connectivity index (χ1n) is 16.8. The van der Waals surface area contributed by atoms with Gasteiger partial charge in [0.05, 0.1) is 28.2 Å². The van der Waals surface area contributed by atoms with Gasteiger partial charge in [-0.05, 0) is 97.9 Å². The molecule has 0 aromatic heterocycles. The van der Waals surface area contributed by atoms with E-state index in [1.54, 1.807) is 43.3 Å². The summed E-state index contributed by atoms with van der Waals surface area (Å²) in [5.74, 6) is -0.827. The summed E-state index contributed by atoms with van der Waals surface area (Å²) in [4.78, 5) is 40.2. The summed E-state index contributed by atoms with van der Waals surface area (Å²) < 4.78 is 13.5. The fraction of sp³-hybridized carbons (Fsp3) is 0.395. The van der Waals surface area contributed by atoms with Crippen molar-refractivity contribution in [3.8, 4) is 0 Å². The standard InChI is InChI=1S/C38H42BCl2N3O5/c1-5-10-34(45)42-27-14-9-13-24(17-27)18-30(43-35(46)28-22-26(40)15-16-29(28)41)36(47)44-33(19-23-11-7-6-8-12-23)39-48-32-21-25-20-31(37(25,2)3)38(32,4)49-39/h5-17,22,25,30-33H,18-21H2,1-4H3,(H,42,45)(H,43,46)(H,44,47)/t25-,30?,31-,32+,33?,38-/m0/s1. The van der Waals surface area contributed by atoms with E-state index < -0.39 is 36.5 Å². The highest BCUT2D eigenvalue weighted by molar-refractivity contribution is 6.48. The molecular formula is C38H42BCl2N3O5. The van der Waals surface area contributed by atoms with E-state index in [9.17, 15) is 14.4 Å². The highest BCUT2D eigenvalue weighted by Crippen LogP contribution is 2.65. The highest BCUT2D eigenvalue weighted by Gasteiger charge is 2.68. The van der Waals surface area contributed by atoms with Crippen LogP contribution in [0.1, 0.15) is 62.0 Å². The number of amides is 3. The highest BCUT2D eigenvalue weighted by atomic mass is 35.5. The van der Waals surface area contributed by atoms with E-state index in [1.807, 2.05) is 36.4 Å². The number of rotatable bonds is 11. The largest absolute Gasteiger partial charge is 0.482 e. The van der Waals surface area contributed by atoms with Crippen LogP contribution in [-0.4, -0.2) is 48.5 Å². The molecular weight excluding hydrogens is 660 g/mol. The number of nitrogens with one attached hydrogen (secondary N) is 3.